The van der Waals surface area contributed by atoms with E-state index in [0.717, 1.165) is 0 Å². The predicted octanol–water partition coefficient (Wildman–Crippen LogP) is 3.49. The van der Waals surface area contributed by atoms with Crippen LogP contribution in [0.25, 0.3) is 0 Å². The average molecular weight is 257 g/mol. The van der Waals surface area contributed by atoms with Gasteiger partial charge < -0.3 is 0 Å². The molecule has 0 saturated carbocycles. The van der Waals surface area contributed by atoms with Crippen molar-refractivity contribution in [2.45, 2.75) is 0 Å². The Bertz CT molecular complexity index is 537. The largest absolute Gasteiger partial charge is 0.281 e. The monoisotopic (exact) mass is 257 g/mol. The lowest BCUT2D eigenvalue weighted by molar-refractivity contribution is 0.104. The lowest BCUT2D eigenvalue weighted by atomic mass is 10.2. The van der Waals surface area contributed by atoms with Crippen LogP contribution >= 0.6 is 7.80 Å². The van der Waals surface area contributed by atoms with Crippen LogP contribution in [0.2, 0.25) is 0 Å². The van der Waals surface area contributed by atoms with E-state index in [2.05, 4.69) is 0 Å². The molecule has 0 aliphatic rings. The summed E-state index contributed by atoms with van der Waals surface area (Å²) in [4.78, 5) is 23.7. The first-order chi connectivity index (χ1) is 8.70. The summed E-state index contributed by atoms with van der Waals surface area (Å²) in [7, 11) is -2.58. The predicted molar refractivity (Wildman–Crippen MR) is 69.2 cm³/mol. The Labute approximate surface area is 105 Å². The molecule has 0 N–H and O–H groups in total. The zero-order valence-electron chi connectivity index (χ0n) is 9.45. The lowest BCUT2D eigenvalue weighted by Crippen LogP contribution is -2.01. The molecule has 1 radical (unpaired) electrons. The van der Waals surface area contributed by atoms with Crippen molar-refractivity contribution in [3.05, 3.63) is 71.8 Å². The van der Waals surface area contributed by atoms with Gasteiger partial charge >= 0.3 is 0 Å². The molecule has 0 aliphatic carbocycles. The number of rotatable bonds is 4. The van der Waals surface area contributed by atoms with Gasteiger partial charge in [-0.15, -0.1) is 0 Å². The second-order valence-electron chi connectivity index (χ2n) is 3.64. The SMILES string of the molecule is O=C(c1ccccc1)[P](=O)C(=O)c1ccccc1. The van der Waals surface area contributed by atoms with E-state index in [-0.39, 0.29) is 0 Å². The van der Waals surface area contributed by atoms with E-state index in [0.29, 0.717) is 11.1 Å². The maximum atomic E-state index is 11.9. The van der Waals surface area contributed by atoms with Gasteiger partial charge in [-0.05, 0) is 0 Å². The van der Waals surface area contributed by atoms with Crippen molar-refractivity contribution >= 4 is 18.8 Å². The van der Waals surface area contributed by atoms with Crippen LogP contribution < -0.4 is 0 Å². The van der Waals surface area contributed by atoms with Gasteiger partial charge in [-0.25, -0.2) is 0 Å². The molecular formula is C14H10O3P. The van der Waals surface area contributed by atoms with Crippen LogP contribution in [0.5, 0.6) is 0 Å². The Kier molecular flexibility index (Phi) is 3.75. The molecular weight excluding hydrogens is 247 g/mol. The summed E-state index contributed by atoms with van der Waals surface area (Å²) in [5.41, 5.74) is -0.662. The minimum atomic E-state index is -2.58. The molecule has 0 aliphatic heterocycles. The van der Waals surface area contributed by atoms with Gasteiger partial charge in [0.25, 0.3) is 0 Å². The molecule has 0 aromatic heterocycles. The van der Waals surface area contributed by atoms with Crippen LogP contribution in [-0.2, 0) is 4.57 Å². The maximum absolute atomic E-state index is 11.9. The molecule has 0 heterocycles. The highest BCUT2D eigenvalue weighted by Crippen LogP contribution is 2.31. The highest BCUT2D eigenvalue weighted by Gasteiger charge is 2.23. The molecule has 89 valence electrons. The van der Waals surface area contributed by atoms with E-state index in [1.54, 1.807) is 60.7 Å². The second kappa shape index (κ2) is 5.48. The van der Waals surface area contributed by atoms with Gasteiger partial charge in [0.05, 0.1) is 0 Å². The van der Waals surface area contributed by atoms with Crippen LogP contribution in [-0.4, -0.2) is 11.0 Å². The van der Waals surface area contributed by atoms with Gasteiger partial charge in [-0.1, -0.05) is 60.7 Å². The fraction of sp³-hybridized carbons (Fsp3) is 0. The first kappa shape index (κ1) is 12.3. The highest BCUT2D eigenvalue weighted by molar-refractivity contribution is 7.80. The summed E-state index contributed by atoms with van der Waals surface area (Å²) in [6, 6.07) is 16.4. The third-order valence-corrected chi connectivity index (χ3v) is 3.66. The molecule has 3 nitrogen and oxygen atoms in total. The first-order valence-corrected chi connectivity index (χ1v) is 6.62. The van der Waals surface area contributed by atoms with Crippen LogP contribution in [0.4, 0.5) is 0 Å². The van der Waals surface area contributed by atoms with E-state index in [1.165, 1.54) is 0 Å². The van der Waals surface area contributed by atoms with E-state index < -0.39 is 18.8 Å². The molecule has 2 aromatic carbocycles. The fourth-order valence-electron chi connectivity index (χ4n) is 1.49. The molecule has 0 fully saturated rings. The average Bonchev–Trinajstić information content (AvgIpc) is 2.47. The maximum Gasteiger partial charge on any atom is 0.249 e. The van der Waals surface area contributed by atoms with E-state index in [9.17, 15) is 14.2 Å². The number of benzene rings is 2. The standard InChI is InChI=1S/C14H10O3P/c15-13(11-7-3-1-4-8-11)18(17)14(16)12-9-5-2-6-10-12/h1-10H. The second-order valence-corrected chi connectivity index (χ2v) is 5.04. The summed E-state index contributed by atoms with van der Waals surface area (Å²) < 4.78 is 11.9. The van der Waals surface area contributed by atoms with Crippen molar-refractivity contribution in [3.8, 4) is 0 Å². The summed E-state index contributed by atoms with van der Waals surface area (Å²) in [5, 5.41) is 0. The zero-order chi connectivity index (χ0) is 13.0. The van der Waals surface area contributed by atoms with E-state index in [4.69, 9.17) is 0 Å². The summed E-state index contributed by atoms with van der Waals surface area (Å²) in [6.07, 6.45) is 0. The molecule has 0 amide bonds. The van der Waals surface area contributed by atoms with Gasteiger partial charge in [0, 0.05) is 11.1 Å². The molecule has 2 aromatic rings. The van der Waals surface area contributed by atoms with Gasteiger partial charge in [0.1, 0.15) is 0 Å². The zero-order valence-corrected chi connectivity index (χ0v) is 10.3. The van der Waals surface area contributed by atoms with Crippen molar-refractivity contribution in [1.82, 2.24) is 0 Å². The molecule has 0 atom stereocenters. The minimum Gasteiger partial charge on any atom is -0.281 e. The highest BCUT2D eigenvalue weighted by atomic mass is 31.1. The topological polar surface area (TPSA) is 51.2 Å². The lowest BCUT2D eigenvalue weighted by Gasteiger charge is -2.00. The summed E-state index contributed by atoms with van der Waals surface area (Å²) in [6.45, 7) is 0. The molecule has 0 spiro atoms. The van der Waals surface area contributed by atoms with Crippen LogP contribution in [0.1, 0.15) is 20.7 Å². The van der Waals surface area contributed by atoms with Crippen molar-refractivity contribution in [3.63, 3.8) is 0 Å². The van der Waals surface area contributed by atoms with Gasteiger partial charge in [-0.3, -0.25) is 14.2 Å². The number of hydrogen-bond donors (Lipinski definition) is 0. The van der Waals surface area contributed by atoms with Crippen molar-refractivity contribution < 1.29 is 14.2 Å². The number of hydrogen-bond acceptors (Lipinski definition) is 3. The smallest absolute Gasteiger partial charge is 0.249 e. The van der Waals surface area contributed by atoms with Crippen LogP contribution in [0.15, 0.2) is 60.7 Å². The van der Waals surface area contributed by atoms with E-state index >= 15 is 0 Å². The van der Waals surface area contributed by atoms with Gasteiger partial charge in [-0.2, -0.15) is 0 Å². The third-order valence-electron chi connectivity index (χ3n) is 2.41. The molecule has 0 unspecified atom stereocenters. The molecule has 2 rings (SSSR count). The van der Waals surface area contributed by atoms with Crippen LogP contribution in [0, 0.1) is 0 Å². The fourth-order valence-corrected chi connectivity index (χ4v) is 2.44. The summed E-state index contributed by atoms with van der Waals surface area (Å²) >= 11 is 0. The molecule has 18 heavy (non-hydrogen) atoms. The van der Waals surface area contributed by atoms with E-state index in [1.807, 2.05) is 0 Å². The normalized spacial score (nSPS) is 9.78. The quantitative estimate of drug-likeness (QED) is 0.788. The molecule has 4 heteroatoms. The first-order valence-electron chi connectivity index (χ1n) is 5.36. The van der Waals surface area contributed by atoms with Crippen molar-refractivity contribution in [2.24, 2.45) is 0 Å². The Balaban J connectivity index is 2.23. The van der Waals surface area contributed by atoms with Crippen LogP contribution in [0.3, 0.4) is 0 Å². The van der Waals surface area contributed by atoms with Crippen molar-refractivity contribution in [1.29, 1.82) is 0 Å². The Morgan fingerprint density at radius 1 is 0.667 bits per heavy atom. The summed E-state index contributed by atoms with van der Waals surface area (Å²) in [5.74, 6) is 0. The Hall–Kier alpha value is -2.12. The third kappa shape index (κ3) is 2.58. The van der Waals surface area contributed by atoms with Gasteiger partial charge in [0.15, 0.2) is 0 Å². The molecule has 0 saturated heterocycles. The minimum absolute atomic E-state index is 0.294. The number of carbonyl (C=O) groups is 2. The Morgan fingerprint density at radius 2 is 1.00 bits per heavy atom. The number of carbonyl (C=O) groups excluding carboxylic acids is 2. The van der Waals surface area contributed by atoms with Gasteiger partial charge in [0.2, 0.25) is 18.8 Å². The Morgan fingerprint density at radius 3 is 1.33 bits per heavy atom. The molecule has 0 bridgehead atoms. The van der Waals surface area contributed by atoms with Crippen molar-refractivity contribution in [2.75, 3.05) is 0 Å².